The number of aromatic amines is 1. The van der Waals surface area contributed by atoms with E-state index in [0.717, 1.165) is 27.1 Å². The number of aromatic nitrogens is 2. The Kier molecular flexibility index (Phi) is 3.90. The highest BCUT2D eigenvalue weighted by molar-refractivity contribution is 7.18. The maximum absolute atomic E-state index is 12.3. The van der Waals surface area contributed by atoms with Crippen LogP contribution in [0.2, 0.25) is 0 Å². The first-order valence-electron chi connectivity index (χ1n) is 8.01. The number of aryl methyl sites for hydroxylation is 2. The van der Waals surface area contributed by atoms with Crippen molar-refractivity contribution in [1.82, 2.24) is 15.3 Å². The van der Waals surface area contributed by atoms with Crippen LogP contribution in [0.4, 0.5) is 0 Å². The van der Waals surface area contributed by atoms with Crippen LogP contribution in [-0.2, 0) is 11.3 Å². The first-order valence-corrected chi connectivity index (χ1v) is 8.83. The van der Waals surface area contributed by atoms with E-state index in [4.69, 9.17) is 4.74 Å². The fourth-order valence-electron chi connectivity index (χ4n) is 3.48. The molecule has 0 amide bonds. The first-order chi connectivity index (χ1) is 10.6. The predicted molar refractivity (Wildman–Crippen MR) is 94.2 cm³/mol. The second-order valence-corrected chi connectivity index (χ2v) is 8.78. The normalized spacial score (nSPS) is 22.8. The summed E-state index contributed by atoms with van der Waals surface area (Å²) in [6, 6.07) is 0.227. The summed E-state index contributed by atoms with van der Waals surface area (Å²) in [5, 5.41) is 4.23. The molecular formula is C17H25N3O2S. The molecular weight excluding hydrogens is 310 g/mol. The van der Waals surface area contributed by atoms with Gasteiger partial charge in [0, 0.05) is 10.9 Å². The Hall–Kier alpha value is -1.24. The number of rotatable bonds is 3. The van der Waals surface area contributed by atoms with E-state index in [0.29, 0.717) is 12.4 Å². The van der Waals surface area contributed by atoms with Gasteiger partial charge in [0.05, 0.1) is 23.1 Å². The van der Waals surface area contributed by atoms with Crippen molar-refractivity contribution in [1.29, 1.82) is 0 Å². The molecule has 1 aliphatic heterocycles. The Balaban J connectivity index is 1.82. The average Bonchev–Trinajstić information content (AvgIpc) is 2.80. The molecule has 1 saturated heterocycles. The van der Waals surface area contributed by atoms with Crippen molar-refractivity contribution in [3.8, 4) is 0 Å². The van der Waals surface area contributed by atoms with Gasteiger partial charge in [-0.05, 0) is 53.5 Å². The van der Waals surface area contributed by atoms with Crippen molar-refractivity contribution in [2.75, 3.05) is 0 Å². The van der Waals surface area contributed by atoms with E-state index in [1.807, 2.05) is 13.8 Å². The van der Waals surface area contributed by atoms with E-state index in [2.05, 4.69) is 43.0 Å². The lowest BCUT2D eigenvalue weighted by Gasteiger charge is -2.27. The summed E-state index contributed by atoms with van der Waals surface area (Å²) in [5.41, 5.74) is 0.624. The molecule has 0 aliphatic carbocycles. The minimum Gasteiger partial charge on any atom is -0.368 e. The van der Waals surface area contributed by atoms with Gasteiger partial charge in [0.2, 0.25) is 0 Å². The Morgan fingerprint density at radius 1 is 1.35 bits per heavy atom. The molecule has 3 rings (SSSR count). The predicted octanol–water partition coefficient (Wildman–Crippen LogP) is 3.04. The molecule has 1 aliphatic rings. The second kappa shape index (κ2) is 5.40. The molecule has 126 valence electrons. The Morgan fingerprint density at radius 3 is 2.65 bits per heavy atom. The van der Waals surface area contributed by atoms with Crippen LogP contribution in [0.5, 0.6) is 0 Å². The molecule has 2 aromatic rings. The highest BCUT2D eigenvalue weighted by Gasteiger charge is 2.45. The zero-order valence-corrected chi connectivity index (χ0v) is 15.5. The van der Waals surface area contributed by atoms with Gasteiger partial charge in [0.1, 0.15) is 10.7 Å². The third-order valence-electron chi connectivity index (χ3n) is 4.68. The number of hydrogen-bond donors (Lipinski definition) is 2. The smallest absolute Gasteiger partial charge is 0.259 e. The van der Waals surface area contributed by atoms with Crippen LogP contribution in [0.25, 0.3) is 10.2 Å². The third-order valence-corrected chi connectivity index (χ3v) is 5.78. The molecule has 2 N–H and O–H groups in total. The molecule has 0 radical (unpaired) electrons. The minimum absolute atomic E-state index is 0.0455. The van der Waals surface area contributed by atoms with Gasteiger partial charge >= 0.3 is 0 Å². The van der Waals surface area contributed by atoms with Crippen molar-refractivity contribution >= 4 is 21.6 Å². The first kappa shape index (κ1) is 16.6. The summed E-state index contributed by atoms with van der Waals surface area (Å²) < 4.78 is 6.10. The van der Waals surface area contributed by atoms with Crippen LogP contribution in [0.3, 0.4) is 0 Å². The number of ether oxygens (including phenoxy) is 1. The zero-order valence-electron chi connectivity index (χ0n) is 14.7. The van der Waals surface area contributed by atoms with Gasteiger partial charge in [-0.25, -0.2) is 4.98 Å². The average molecular weight is 335 g/mol. The maximum Gasteiger partial charge on any atom is 0.259 e. The minimum atomic E-state index is -0.232. The number of hydrogen-bond acceptors (Lipinski definition) is 5. The van der Waals surface area contributed by atoms with Crippen molar-refractivity contribution in [2.45, 2.75) is 71.8 Å². The molecule has 1 atom stereocenters. The molecule has 0 saturated carbocycles. The lowest BCUT2D eigenvalue weighted by atomic mass is 9.94. The summed E-state index contributed by atoms with van der Waals surface area (Å²) in [5.74, 6) is 0.684. The highest BCUT2D eigenvalue weighted by Crippen LogP contribution is 2.37. The molecule has 3 heterocycles. The molecule has 0 aromatic carbocycles. The van der Waals surface area contributed by atoms with E-state index in [1.54, 1.807) is 11.3 Å². The van der Waals surface area contributed by atoms with E-state index < -0.39 is 0 Å². The van der Waals surface area contributed by atoms with Crippen LogP contribution in [-0.4, -0.2) is 27.2 Å². The lowest BCUT2D eigenvalue weighted by Crippen LogP contribution is -2.43. The van der Waals surface area contributed by atoms with Crippen molar-refractivity contribution < 1.29 is 4.74 Å². The van der Waals surface area contributed by atoms with E-state index in [1.165, 1.54) is 0 Å². The van der Waals surface area contributed by atoms with E-state index in [9.17, 15) is 4.79 Å². The van der Waals surface area contributed by atoms with Crippen LogP contribution >= 0.6 is 11.3 Å². The topological polar surface area (TPSA) is 67.0 Å². The van der Waals surface area contributed by atoms with Gasteiger partial charge in [-0.2, -0.15) is 0 Å². The molecule has 5 nitrogen and oxygen atoms in total. The van der Waals surface area contributed by atoms with Gasteiger partial charge in [0.25, 0.3) is 5.56 Å². The van der Waals surface area contributed by atoms with Crippen LogP contribution < -0.4 is 10.9 Å². The van der Waals surface area contributed by atoms with Crippen molar-refractivity contribution in [3.05, 3.63) is 26.6 Å². The maximum atomic E-state index is 12.3. The van der Waals surface area contributed by atoms with Crippen LogP contribution in [0, 0.1) is 13.8 Å². The Bertz CT molecular complexity index is 804. The lowest BCUT2D eigenvalue weighted by molar-refractivity contribution is -0.0699. The molecule has 0 spiro atoms. The molecule has 6 heteroatoms. The van der Waals surface area contributed by atoms with Gasteiger partial charge < -0.3 is 15.0 Å². The summed E-state index contributed by atoms with van der Waals surface area (Å²) in [7, 11) is 0. The van der Waals surface area contributed by atoms with Crippen LogP contribution in [0.1, 0.15) is 50.4 Å². The largest absolute Gasteiger partial charge is 0.368 e. The summed E-state index contributed by atoms with van der Waals surface area (Å²) >= 11 is 1.58. The van der Waals surface area contributed by atoms with E-state index in [-0.39, 0.29) is 22.8 Å². The number of fused-ring (bicyclic) bond motifs is 1. The molecule has 1 fully saturated rings. The fraction of sp³-hybridized carbons (Fsp3) is 0.647. The van der Waals surface area contributed by atoms with Gasteiger partial charge in [-0.15, -0.1) is 11.3 Å². The number of nitrogens with one attached hydrogen (secondary N) is 2. The van der Waals surface area contributed by atoms with Gasteiger partial charge in [0.15, 0.2) is 0 Å². The monoisotopic (exact) mass is 335 g/mol. The SMILES string of the molecule is Cc1sc2nc(CN[C@H]3CC(C)(C)OC3(C)C)[nH]c(=O)c2c1C. The van der Waals surface area contributed by atoms with E-state index >= 15 is 0 Å². The summed E-state index contributed by atoms with van der Waals surface area (Å²) in [6.07, 6.45) is 0.934. The Morgan fingerprint density at radius 2 is 2.04 bits per heavy atom. The number of nitrogens with zero attached hydrogens (tertiary/aromatic N) is 1. The van der Waals surface area contributed by atoms with Crippen molar-refractivity contribution in [2.24, 2.45) is 0 Å². The molecule has 2 aromatic heterocycles. The summed E-state index contributed by atoms with van der Waals surface area (Å²) in [4.78, 5) is 21.8. The molecule has 0 bridgehead atoms. The standard InChI is InChI=1S/C17H25N3O2S/c1-9-10(2)23-15-13(9)14(21)19-12(20-15)8-18-11-7-16(3,4)22-17(11,5)6/h11,18H,7-8H2,1-6H3,(H,19,20,21)/t11-/m0/s1. The fourth-order valence-corrected chi connectivity index (χ4v) is 4.53. The third kappa shape index (κ3) is 3.07. The highest BCUT2D eigenvalue weighted by atomic mass is 32.1. The van der Waals surface area contributed by atoms with Crippen LogP contribution in [0.15, 0.2) is 4.79 Å². The number of H-pyrrole nitrogens is 1. The van der Waals surface area contributed by atoms with Crippen molar-refractivity contribution in [3.63, 3.8) is 0 Å². The number of thiophene rings is 1. The Labute approximate surface area is 140 Å². The van der Waals surface area contributed by atoms with Gasteiger partial charge in [-0.3, -0.25) is 4.79 Å². The molecule has 0 unspecified atom stereocenters. The molecule has 23 heavy (non-hydrogen) atoms. The van der Waals surface area contributed by atoms with Gasteiger partial charge in [-0.1, -0.05) is 0 Å². The zero-order chi connectivity index (χ0) is 17.0. The quantitative estimate of drug-likeness (QED) is 0.905. The second-order valence-electron chi connectivity index (χ2n) is 7.58. The summed E-state index contributed by atoms with van der Waals surface area (Å²) in [6.45, 7) is 13.0.